The lowest BCUT2D eigenvalue weighted by atomic mass is 9.43. The highest BCUT2D eigenvalue weighted by Crippen LogP contribution is 2.61. The van der Waals surface area contributed by atoms with E-state index >= 15 is 0 Å². The van der Waals surface area contributed by atoms with Gasteiger partial charge in [0.15, 0.2) is 5.78 Å². The fourth-order valence-electron chi connectivity index (χ4n) is 5.47. The predicted molar refractivity (Wildman–Crippen MR) is 91.8 cm³/mol. The molecule has 0 radical (unpaired) electrons. The van der Waals surface area contributed by atoms with Crippen molar-refractivity contribution in [3.63, 3.8) is 0 Å². The molecule has 2 N–H and O–H groups in total. The number of aliphatic hydroxyl groups excluding tert-OH is 1. The first kappa shape index (κ1) is 18.3. The van der Waals surface area contributed by atoms with Crippen LogP contribution in [0.2, 0.25) is 0 Å². The Morgan fingerprint density at radius 2 is 1.96 bits per heavy atom. The molecule has 2 saturated carbocycles. The quantitative estimate of drug-likeness (QED) is 0.876. The molecular formula is C20H28O5. The molecule has 1 aromatic rings. The normalized spacial score (nSPS) is 40.8. The van der Waals surface area contributed by atoms with E-state index in [9.17, 15) is 19.8 Å². The zero-order chi connectivity index (χ0) is 18.6. The van der Waals surface area contributed by atoms with Crippen LogP contribution in [0.3, 0.4) is 0 Å². The van der Waals surface area contributed by atoms with Crippen molar-refractivity contribution >= 4 is 11.6 Å². The molecule has 0 aliphatic heterocycles. The highest BCUT2D eigenvalue weighted by molar-refractivity contribution is 5.92. The summed E-state index contributed by atoms with van der Waals surface area (Å²) in [6, 6.07) is 1.85. The fourth-order valence-corrected chi connectivity index (χ4v) is 5.47. The standard InChI is InChI=1S/C20H28O5/c1-12-15(22)16(23)17-18(2,3)14(21)6-8-19(17,4)20(12,24)9-5-13-7-10-25-11-13/h7,10-12,16-17,23-24H,5-6,8-9H2,1-4H3/t12-,16-,17+,19+,20-/m1/s1. The van der Waals surface area contributed by atoms with Crippen LogP contribution in [-0.2, 0) is 16.0 Å². The third-order valence-corrected chi connectivity index (χ3v) is 7.17. The van der Waals surface area contributed by atoms with Crippen LogP contribution in [0.5, 0.6) is 0 Å². The lowest BCUT2D eigenvalue weighted by Gasteiger charge is -2.62. The van der Waals surface area contributed by atoms with Gasteiger partial charge in [-0.1, -0.05) is 27.7 Å². The SMILES string of the molecule is C[C@@H]1C(=O)[C@@H](O)[C@H]2C(C)(C)C(=O)CC[C@]2(C)[C@@]1(O)CCc1ccoc1. The second-order valence-corrected chi connectivity index (χ2v) is 8.66. The maximum Gasteiger partial charge on any atom is 0.167 e. The average molecular weight is 348 g/mol. The molecule has 3 rings (SSSR count). The summed E-state index contributed by atoms with van der Waals surface area (Å²) in [6.45, 7) is 7.22. The van der Waals surface area contributed by atoms with Crippen molar-refractivity contribution in [1.29, 1.82) is 0 Å². The van der Waals surface area contributed by atoms with Gasteiger partial charge in [-0.15, -0.1) is 0 Å². The van der Waals surface area contributed by atoms with Gasteiger partial charge in [0.2, 0.25) is 0 Å². The molecule has 0 amide bonds. The zero-order valence-electron chi connectivity index (χ0n) is 15.4. The van der Waals surface area contributed by atoms with E-state index in [1.807, 2.05) is 13.0 Å². The molecule has 0 aromatic carbocycles. The van der Waals surface area contributed by atoms with Crippen molar-refractivity contribution in [1.82, 2.24) is 0 Å². The number of Topliss-reactive ketones (excluding diaryl/α,β-unsaturated/α-hetero) is 2. The number of fused-ring (bicyclic) bond motifs is 1. The van der Waals surface area contributed by atoms with Gasteiger partial charge in [0, 0.05) is 29.1 Å². The van der Waals surface area contributed by atoms with E-state index < -0.39 is 34.4 Å². The minimum absolute atomic E-state index is 0.0496. The second kappa shape index (κ2) is 5.78. The monoisotopic (exact) mass is 348 g/mol. The molecule has 5 nitrogen and oxygen atoms in total. The molecule has 0 unspecified atom stereocenters. The van der Waals surface area contributed by atoms with Crippen molar-refractivity contribution < 1.29 is 24.2 Å². The fraction of sp³-hybridized carbons (Fsp3) is 0.700. The van der Waals surface area contributed by atoms with Crippen LogP contribution >= 0.6 is 0 Å². The molecule has 2 aliphatic rings. The molecule has 5 atom stereocenters. The Labute approximate surface area is 148 Å². The third kappa shape index (κ3) is 2.43. The minimum atomic E-state index is -1.27. The van der Waals surface area contributed by atoms with Crippen LogP contribution in [-0.4, -0.2) is 33.5 Å². The van der Waals surface area contributed by atoms with Crippen LogP contribution in [0.15, 0.2) is 23.0 Å². The van der Waals surface area contributed by atoms with Crippen molar-refractivity contribution in [3.05, 3.63) is 24.2 Å². The van der Waals surface area contributed by atoms with Crippen LogP contribution in [0.1, 0.15) is 52.5 Å². The molecule has 25 heavy (non-hydrogen) atoms. The molecule has 138 valence electrons. The molecule has 0 saturated heterocycles. The molecule has 1 aromatic heterocycles. The van der Waals surface area contributed by atoms with E-state index in [-0.39, 0.29) is 11.6 Å². The number of carbonyl (C=O) groups excluding carboxylic acids is 2. The maximum atomic E-state index is 12.8. The molecule has 5 heteroatoms. The maximum absolute atomic E-state index is 12.8. The van der Waals surface area contributed by atoms with Crippen molar-refractivity contribution in [3.8, 4) is 0 Å². The first-order valence-electron chi connectivity index (χ1n) is 9.04. The van der Waals surface area contributed by atoms with Gasteiger partial charge >= 0.3 is 0 Å². The van der Waals surface area contributed by atoms with Gasteiger partial charge < -0.3 is 14.6 Å². The summed E-state index contributed by atoms with van der Waals surface area (Å²) in [5, 5.41) is 22.4. The second-order valence-electron chi connectivity index (χ2n) is 8.66. The van der Waals surface area contributed by atoms with Crippen molar-refractivity contribution in [2.75, 3.05) is 0 Å². The van der Waals surface area contributed by atoms with Crippen LogP contribution in [0, 0.1) is 22.7 Å². The first-order chi connectivity index (χ1) is 11.6. The largest absolute Gasteiger partial charge is 0.472 e. The highest BCUT2D eigenvalue weighted by atomic mass is 16.3. The Morgan fingerprint density at radius 3 is 2.56 bits per heavy atom. The Balaban J connectivity index is 2.03. The van der Waals surface area contributed by atoms with Gasteiger partial charge in [0.05, 0.1) is 18.1 Å². The smallest absolute Gasteiger partial charge is 0.167 e. The van der Waals surface area contributed by atoms with Gasteiger partial charge in [-0.2, -0.15) is 0 Å². The first-order valence-corrected chi connectivity index (χ1v) is 9.04. The van der Waals surface area contributed by atoms with Crippen LogP contribution in [0.4, 0.5) is 0 Å². The average Bonchev–Trinajstić information content (AvgIpc) is 3.07. The number of ketones is 2. The summed E-state index contributed by atoms with van der Waals surface area (Å²) in [6.07, 6.45) is 3.83. The summed E-state index contributed by atoms with van der Waals surface area (Å²) < 4.78 is 5.10. The number of carbonyl (C=O) groups is 2. The zero-order valence-corrected chi connectivity index (χ0v) is 15.4. The van der Waals surface area contributed by atoms with E-state index in [1.165, 1.54) is 0 Å². The van der Waals surface area contributed by atoms with E-state index in [4.69, 9.17) is 4.42 Å². The Morgan fingerprint density at radius 1 is 1.28 bits per heavy atom. The van der Waals surface area contributed by atoms with Gasteiger partial charge in [-0.05, 0) is 30.9 Å². The summed E-state index contributed by atoms with van der Waals surface area (Å²) in [4.78, 5) is 25.2. The topological polar surface area (TPSA) is 87.7 Å². The number of rotatable bonds is 3. The Hall–Kier alpha value is -1.46. The van der Waals surface area contributed by atoms with E-state index in [1.54, 1.807) is 33.3 Å². The van der Waals surface area contributed by atoms with Crippen molar-refractivity contribution in [2.45, 2.75) is 65.1 Å². The lowest BCUT2D eigenvalue weighted by Crippen LogP contribution is -2.71. The van der Waals surface area contributed by atoms with E-state index in [0.717, 1.165) is 5.56 Å². The number of hydrogen-bond acceptors (Lipinski definition) is 5. The highest BCUT2D eigenvalue weighted by Gasteiger charge is 2.68. The predicted octanol–water partition coefficient (Wildman–Crippen LogP) is 2.53. The summed E-state index contributed by atoms with van der Waals surface area (Å²) >= 11 is 0. The van der Waals surface area contributed by atoms with Crippen molar-refractivity contribution in [2.24, 2.45) is 22.7 Å². The number of hydrogen-bond donors (Lipinski definition) is 2. The van der Waals surface area contributed by atoms with Gasteiger partial charge in [-0.3, -0.25) is 9.59 Å². The summed E-state index contributed by atoms with van der Waals surface area (Å²) in [5.41, 5.74) is -1.86. The lowest BCUT2D eigenvalue weighted by molar-refractivity contribution is -0.229. The van der Waals surface area contributed by atoms with Gasteiger partial charge in [0.1, 0.15) is 11.9 Å². The van der Waals surface area contributed by atoms with Crippen LogP contribution < -0.4 is 0 Å². The number of furan rings is 1. The molecule has 1 heterocycles. The Kier molecular flexibility index (Phi) is 4.24. The number of aliphatic hydroxyl groups is 2. The molecule has 2 fully saturated rings. The van der Waals surface area contributed by atoms with Gasteiger partial charge in [0.25, 0.3) is 0 Å². The molecule has 0 spiro atoms. The molecule has 0 bridgehead atoms. The van der Waals surface area contributed by atoms with Crippen LogP contribution in [0.25, 0.3) is 0 Å². The summed E-state index contributed by atoms with van der Waals surface area (Å²) in [5.74, 6) is -1.58. The minimum Gasteiger partial charge on any atom is -0.472 e. The Bertz CT molecular complexity index is 676. The molecule has 2 aliphatic carbocycles. The summed E-state index contributed by atoms with van der Waals surface area (Å²) in [7, 11) is 0. The molecular weight excluding hydrogens is 320 g/mol. The van der Waals surface area contributed by atoms with Gasteiger partial charge in [-0.25, -0.2) is 0 Å². The third-order valence-electron chi connectivity index (χ3n) is 7.17. The van der Waals surface area contributed by atoms with E-state index in [0.29, 0.717) is 25.7 Å². The van der Waals surface area contributed by atoms with E-state index in [2.05, 4.69) is 0 Å². The number of aryl methyl sites for hydroxylation is 1.